The van der Waals surface area contributed by atoms with Crippen molar-refractivity contribution < 1.29 is 0 Å². The molecule has 1 rings (SSSR count). The fourth-order valence-corrected chi connectivity index (χ4v) is 0.607. The van der Waals surface area contributed by atoms with Gasteiger partial charge in [0, 0.05) is 6.20 Å². The molecule has 0 aliphatic heterocycles. The standard InChI is InChI=1S/C7H10N3/c1-8-6-10-7-4-2-3-5-9-7/h2-5,8H,6H2,1H3. The summed E-state index contributed by atoms with van der Waals surface area (Å²) in [5.74, 6) is 0.775. The van der Waals surface area contributed by atoms with E-state index in [4.69, 9.17) is 0 Å². The van der Waals surface area contributed by atoms with Crippen molar-refractivity contribution in [1.29, 1.82) is 0 Å². The Morgan fingerprint density at radius 3 is 3.10 bits per heavy atom. The van der Waals surface area contributed by atoms with E-state index in [1.165, 1.54) is 0 Å². The first-order valence-electron chi connectivity index (χ1n) is 3.16. The molecule has 1 aromatic heterocycles. The van der Waals surface area contributed by atoms with Gasteiger partial charge in [-0.05, 0) is 19.2 Å². The van der Waals surface area contributed by atoms with Crippen LogP contribution in [0.25, 0.3) is 0 Å². The first kappa shape index (κ1) is 7.02. The molecule has 1 aromatic rings. The molecule has 0 amide bonds. The van der Waals surface area contributed by atoms with Crippen LogP contribution < -0.4 is 10.6 Å². The normalized spacial score (nSPS) is 9.30. The first-order chi connectivity index (χ1) is 4.93. The Morgan fingerprint density at radius 1 is 1.60 bits per heavy atom. The van der Waals surface area contributed by atoms with Crippen LogP contribution in [0.5, 0.6) is 0 Å². The van der Waals surface area contributed by atoms with Crippen molar-refractivity contribution in [2.45, 2.75) is 0 Å². The summed E-state index contributed by atoms with van der Waals surface area (Å²) in [6.45, 7) is 0.622. The monoisotopic (exact) mass is 136 g/mol. The van der Waals surface area contributed by atoms with Gasteiger partial charge in [0.2, 0.25) is 0 Å². The molecule has 53 valence electrons. The van der Waals surface area contributed by atoms with Gasteiger partial charge in [-0.2, -0.15) is 0 Å². The molecule has 0 atom stereocenters. The molecule has 0 aromatic carbocycles. The summed E-state index contributed by atoms with van der Waals surface area (Å²) in [6.07, 6.45) is 1.73. The Kier molecular flexibility index (Phi) is 2.70. The van der Waals surface area contributed by atoms with Gasteiger partial charge >= 0.3 is 0 Å². The number of hydrogen-bond donors (Lipinski definition) is 1. The van der Waals surface area contributed by atoms with Crippen molar-refractivity contribution in [2.24, 2.45) is 0 Å². The number of aromatic nitrogens is 1. The van der Waals surface area contributed by atoms with E-state index < -0.39 is 0 Å². The summed E-state index contributed by atoms with van der Waals surface area (Å²) in [5.41, 5.74) is 0. The Labute approximate surface area is 60.5 Å². The quantitative estimate of drug-likeness (QED) is 0.657. The van der Waals surface area contributed by atoms with Gasteiger partial charge in [-0.15, -0.1) is 0 Å². The zero-order chi connectivity index (χ0) is 7.23. The molecular formula is C7H10N3. The van der Waals surface area contributed by atoms with Crippen LogP contribution in [0.2, 0.25) is 0 Å². The van der Waals surface area contributed by atoms with Crippen LogP contribution in [0.3, 0.4) is 0 Å². The van der Waals surface area contributed by atoms with E-state index in [0.29, 0.717) is 6.67 Å². The molecule has 0 aliphatic carbocycles. The molecule has 1 radical (unpaired) electrons. The van der Waals surface area contributed by atoms with Crippen LogP contribution in [0, 0.1) is 0 Å². The van der Waals surface area contributed by atoms with Gasteiger partial charge in [-0.3, -0.25) is 5.32 Å². The van der Waals surface area contributed by atoms with Gasteiger partial charge in [0.25, 0.3) is 0 Å². The van der Waals surface area contributed by atoms with E-state index in [0.717, 1.165) is 5.82 Å². The Hall–Kier alpha value is -1.09. The number of hydrogen-bond acceptors (Lipinski definition) is 2. The van der Waals surface area contributed by atoms with Gasteiger partial charge in [0.1, 0.15) is 5.82 Å². The van der Waals surface area contributed by atoms with Crippen molar-refractivity contribution in [3.8, 4) is 0 Å². The second-order valence-electron chi connectivity index (χ2n) is 1.86. The third-order valence-corrected chi connectivity index (χ3v) is 1.05. The van der Waals surface area contributed by atoms with E-state index in [2.05, 4.69) is 15.6 Å². The smallest absolute Gasteiger partial charge is 0.148 e. The summed E-state index contributed by atoms with van der Waals surface area (Å²) in [6, 6.07) is 5.66. The molecule has 1 heterocycles. The van der Waals surface area contributed by atoms with E-state index in [-0.39, 0.29) is 0 Å². The topological polar surface area (TPSA) is 39.0 Å². The van der Waals surface area contributed by atoms with E-state index in [9.17, 15) is 0 Å². The van der Waals surface area contributed by atoms with Crippen LogP contribution in [0.1, 0.15) is 0 Å². The fourth-order valence-electron chi connectivity index (χ4n) is 0.607. The third kappa shape index (κ3) is 2.03. The third-order valence-electron chi connectivity index (χ3n) is 1.05. The molecule has 0 fully saturated rings. The zero-order valence-electron chi connectivity index (χ0n) is 5.91. The van der Waals surface area contributed by atoms with Gasteiger partial charge in [-0.1, -0.05) is 6.07 Å². The summed E-state index contributed by atoms with van der Waals surface area (Å²) < 4.78 is 0. The highest BCUT2D eigenvalue weighted by Crippen LogP contribution is 1.97. The SMILES string of the molecule is CNC[N]c1ccccn1. The predicted octanol–water partition coefficient (Wildman–Crippen LogP) is 0.494. The predicted molar refractivity (Wildman–Crippen MR) is 40.0 cm³/mol. The van der Waals surface area contributed by atoms with Crippen molar-refractivity contribution in [1.82, 2.24) is 15.6 Å². The minimum atomic E-state index is 0.622. The van der Waals surface area contributed by atoms with Crippen LogP contribution in [-0.4, -0.2) is 18.7 Å². The highest BCUT2D eigenvalue weighted by molar-refractivity contribution is 5.23. The molecule has 0 saturated carbocycles. The average molecular weight is 136 g/mol. The second kappa shape index (κ2) is 3.85. The molecule has 10 heavy (non-hydrogen) atoms. The number of rotatable bonds is 3. The molecule has 3 heteroatoms. The molecule has 0 spiro atoms. The Balaban J connectivity index is 2.43. The van der Waals surface area contributed by atoms with E-state index >= 15 is 0 Å². The highest BCUT2D eigenvalue weighted by atomic mass is 15.1. The van der Waals surface area contributed by atoms with Crippen molar-refractivity contribution in [3.63, 3.8) is 0 Å². The zero-order valence-corrected chi connectivity index (χ0v) is 5.91. The van der Waals surface area contributed by atoms with Crippen molar-refractivity contribution >= 4 is 5.82 Å². The van der Waals surface area contributed by atoms with Gasteiger partial charge in [-0.25, -0.2) is 4.98 Å². The Morgan fingerprint density at radius 2 is 2.50 bits per heavy atom. The molecule has 0 aliphatic rings. The van der Waals surface area contributed by atoms with Crippen LogP contribution in [0.4, 0.5) is 5.82 Å². The van der Waals surface area contributed by atoms with E-state index in [1.807, 2.05) is 25.2 Å². The molecule has 0 unspecified atom stereocenters. The van der Waals surface area contributed by atoms with Crippen molar-refractivity contribution in [2.75, 3.05) is 13.7 Å². The molecule has 0 bridgehead atoms. The Bertz CT molecular complexity index is 173. The largest absolute Gasteiger partial charge is 0.301 e. The summed E-state index contributed by atoms with van der Waals surface area (Å²) >= 11 is 0. The number of nitrogens with one attached hydrogen (secondary N) is 1. The number of pyridine rings is 1. The molecule has 3 nitrogen and oxygen atoms in total. The maximum atomic E-state index is 4.10. The average Bonchev–Trinajstić information content (AvgIpc) is 2.03. The minimum Gasteiger partial charge on any atom is -0.301 e. The molecule has 1 N–H and O–H groups in total. The van der Waals surface area contributed by atoms with Crippen LogP contribution in [0.15, 0.2) is 24.4 Å². The lowest BCUT2D eigenvalue weighted by Gasteiger charge is -1.98. The second-order valence-corrected chi connectivity index (χ2v) is 1.86. The lowest BCUT2D eigenvalue weighted by atomic mass is 10.5. The first-order valence-corrected chi connectivity index (χ1v) is 3.16. The van der Waals surface area contributed by atoms with Gasteiger partial charge in [0.05, 0.1) is 6.67 Å². The minimum absolute atomic E-state index is 0.622. The number of nitrogens with zero attached hydrogens (tertiary/aromatic N) is 2. The maximum Gasteiger partial charge on any atom is 0.148 e. The lowest BCUT2D eigenvalue weighted by Crippen LogP contribution is -2.16. The van der Waals surface area contributed by atoms with E-state index in [1.54, 1.807) is 6.20 Å². The highest BCUT2D eigenvalue weighted by Gasteiger charge is 1.88. The van der Waals surface area contributed by atoms with Crippen LogP contribution in [-0.2, 0) is 0 Å². The van der Waals surface area contributed by atoms with Gasteiger partial charge < -0.3 is 5.32 Å². The lowest BCUT2D eigenvalue weighted by molar-refractivity contribution is 0.722. The molecule has 0 saturated heterocycles. The van der Waals surface area contributed by atoms with Crippen molar-refractivity contribution in [3.05, 3.63) is 24.4 Å². The summed E-state index contributed by atoms with van der Waals surface area (Å²) in [4.78, 5) is 4.01. The van der Waals surface area contributed by atoms with Gasteiger partial charge in [0.15, 0.2) is 0 Å². The fraction of sp³-hybridized carbons (Fsp3) is 0.286. The summed E-state index contributed by atoms with van der Waals surface area (Å²) in [5, 5.41) is 7.01. The maximum absolute atomic E-state index is 4.10. The van der Waals surface area contributed by atoms with Crippen LogP contribution >= 0.6 is 0 Å². The molecular weight excluding hydrogens is 126 g/mol. The summed E-state index contributed by atoms with van der Waals surface area (Å²) in [7, 11) is 1.85.